The number of anilines is 1. The van der Waals surface area contributed by atoms with Crippen molar-refractivity contribution in [3.8, 4) is 17.2 Å². The van der Waals surface area contributed by atoms with Gasteiger partial charge in [-0.05, 0) is 36.4 Å². The SMILES string of the molecule is COc1cc(C(=O)OCC(=O)Nc2ccc(Cl)cc2)cc(OC)c1OC. The molecule has 0 saturated heterocycles. The van der Waals surface area contributed by atoms with Gasteiger partial charge in [0, 0.05) is 10.7 Å². The van der Waals surface area contributed by atoms with Crippen LogP contribution in [0.15, 0.2) is 36.4 Å². The predicted molar refractivity (Wildman–Crippen MR) is 96.5 cm³/mol. The quantitative estimate of drug-likeness (QED) is 0.744. The summed E-state index contributed by atoms with van der Waals surface area (Å²) in [7, 11) is 4.33. The zero-order valence-corrected chi connectivity index (χ0v) is 15.3. The van der Waals surface area contributed by atoms with Crippen molar-refractivity contribution >= 4 is 29.2 Å². The fourth-order valence-electron chi connectivity index (χ4n) is 2.14. The van der Waals surface area contributed by atoms with Crippen LogP contribution in [0.3, 0.4) is 0 Å². The number of ether oxygens (including phenoxy) is 4. The summed E-state index contributed by atoms with van der Waals surface area (Å²) in [5.74, 6) is -0.204. The summed E-state index contributed by atoms with van der Waals surface area (Å²) in [5.41, 5.74) is 0.710. The summed E-state index contributed by atoms with van der Waals surface area (Å²) in [6.45, 7) is -0.446. The Bertz CT molecular complexity index is 766. The van der Waals surface area contributed by atoms with Crippen molar-refractivity contribution in [2.45, 2.75) is 0 Å². The van der Waals surface area contributed by atoms with E-state index in [0.717, 1.165) is 0 Å². The van der Waals surface area contributed by atoms with Crippen LogP contribution in [0.5, 0.6) is 17.2 Å². The summed E-state index contributed by atoms with van der Waals surface area (Å²) in [4.78, 5) is 24.1. The van der Waals surface area contributed by atoms with E-state index in [0.29, 0.717) is 28.0 Å². The lowest BCUT2D eigenvalue weighted by molar-refractivity contribution is -0.119. The number of amides is 1. The Kier molecular flexibility index (Phi) is 6.68. The molecule has 2 aromatic rings. The molecule has 1 N–H and O–H groups in total. The zero-order chi connectivity index (χ0) is 19.1. The highest BCUT2D eigenvalue weighted by Gasteiger charge is 2.18. The number of benzene rings is 2. The second-order valence-electron chi connectivity index (χ2n) is 5.05. The molecule has 0 heterocycles. The molecule has 26 heavy (non-hydrogen) atoms. The monoisotopic (exact) mass is 379 g/mol. The number of methoxy groups -OCH3 is 3. The zero-order valence-electron chi connectivity index (χ0n) is 14.5. The normalized spacial score (nSPS) is 10.0. The van der Waals surface area contributed by atoms with E-state index in [1.807, 2.05) is 0 Å². The third-order valence-corrected chi connectivity index (χ3v) is 3.61. The number of nitrogens with one attached hydrogen (secondary N) is 1. The number of halogens is 1. The molecule has 0 bridgehead atoms. The van der Waals surface area contributed by atoms with Crippen LogP contribution in [0, 0.1) is 0 Å². The van der Waals surface area contributed by atoms with E-state index in [1.54, 1.807) is 24.3 Å². The summed E-state index contributed by atoms with van der Waals surface area (Å²) >= 11 is 5.78. The first-order valence-electron chi connectivity index (χ1n) is 7.51. The van der Waals surface area contributed by atoms with Crippen molar-refractivity contribution in [1.29, 1.82) is 0 Å². The van der Waals surface area contributed by atoms with Crippen LogP contribution in [0.1, 0.15) is 10.4 Å². The fourth-order valence-corrected chi connectivity index (χ4v) is 2.27. The molecule has 138 valence electrons. The lowest BCUT2D eigenvalue weighted by Crippen LogP contribution is -2.21. The van der Waals surface area contributed by atoms with E-state index in [-0.39, 0.29) is 5.56 Å². The molecule has 0 unspecified atom stereocenters. The Hall–Kier alpha value is -2.93. The minimum Gasteiger partial charge on any atom is -0.493 e. The summed E-state index contributed by atoms with van der Waals surface area (Å²) in [6.07, 6.45) is 0. The van der Waals surface area contributed by atoms with Crippen molar-refractivity contribution in [2.75, 3.05) is 33.3 Å². The fraction of sp³-hybridized carbons (Fsp3) is 0.222. The van der Waals surface area contributed by atoms with Gasteiger partial charge in [0.05, 0.1) is 26.9 Å². The molecule has 0 atom stereocenters. The third-order valence-electron chi connectivity index (χ3n) is 3.36. The molecular formula is C18H18ClNO6. The van der Waals surface area contributed by atoms with E-state index in [2.05, 4.69) is 5.32 Å². The van der Waals surface area contributed by atoms with E-state index in [1.165, 1.54) is 33.5 Å². The maximum atomic E-state index is 12.2. The number of hydrogen-bond donors (Lipinski definition) is 1. The maximum Gasteiger partial charge on any atom is 0.338 e. The molecular weight excluding hydrogens is 362 g/mol. The summed E-state index contributed by atoms with van der Waals surface area (Å²) in [5, 5.41) is 3.15. The van der Waals surface area contributed by atoms with Gasteiger partial charge in [-0.25, -0.2) is 4.79 Å². The van der Waals surface area contributed by atoms with Crippen molar-refractivity contribution in [3.63, 3.8) is 0 Å². The average molecular weight is 380 g/mol. The Morgan fingerprint density at radius 3 is 2.04 bits per heavy atom. The standard InChI is InChI=1S/C18H18ClNO6/c1-23-14-8-11(9-15(24-2)17(14)25-3)18(22)26-10-16(21)20-13-6-4-12(19)5-7-13/h4-9H,10H2,1-3H3,(H,20,21). The first-order chi connectivity index (χ1) is 12.5. The van der Waals surface area contributed by atoms with Gasteiger partial charge < -0.3 is 24.3 Å². The summed E-state index contributed by atoms with van der Waals surface area (Å²) < 4.78 is 20.6. The van der Waals surface area contributed by atoms with Gasteiger partial charge in [0.15, 0.2) is 18.1 Å². The van der Waals surface area contributed by atoms with Crippen LogP contribution in [-0.2, 0) is 9.53 Å². The molecule has 0 aromatic heterocycles. The Morgan fingerprint density at radius 2 is 1.54 bits per heavy atom. The Morgan fingerprint density at radius 1 is 0.962 bits per heavy atom. The van der Waals surface area contributed by atoms with E-state index < -0.39 is 18.5 Å². The van der Waals surface area contributed by atoms with Crippen LogP contribution in [0.4, 0.5) is 5.69 Å². The van der Waals surface area contributed by atoms with E-state index in [4.69, 9.17) is 30.5 Å². The van der Waals surface area contributed by atoms with Gasteiger partial charge in [0.25, 0.3) is 5.91 Å². The molecule has 0 aliphatic rings. The first-order valence-corrected chi connectivity index (χ1v) is 7.88. The minimum absolute atomic E-state index is 0.166. The van der Waals surface area contributed by atoms with Crippen LogP contribution < -0.4 is 19.5 Å². The van der Waals surface area contributed by atoms with Crippen LogP contribution >= 0.6 is 11.6 Å². The predicted octanol–water partition coefficient (Wildman–Crippen LogP) is 3.16. The second-order valence-corrected chi connectivity index (χ2v) is 5.48. The Balaban J connectivity index is 2.03. The number of carbonyl (C=O) groups excluding carboxylic acids is 2. The largest absolute Gasteiger partial charge is 0.493 e. The van der Waals surface area contributed by atoms with Crippen molar-refractivity contribution in [2.24, 2.45) is 0 Å². The average Bonchev–Trinajstić information content (AvgIpc) is 2.66. The molecule has 8 heteroatoms. The van der Waals surface area contributed by atoms with Gasteiger partial charge in [-0.3, -0.25) is 4.79 Å². The smallest absolute Gasteiger partial charge is 0.338 e. The lowest BCUT2D eigenvalue weighted by atomic mass is 10.2. The maximum absolute atomic E-state index is 12.2. The molecule has 0 spiro atoms. The highest BCUT2D eigenvalue weighted by atomic mass is 35.5. The number of esters is 1. The van der Waals surface area contributed by atoms with Gasteiger partial charge in [-0.1, -0.05) is 11.6 Å². The van der Waals surface area contributed by atoms with Crippen LogP contribution in [0.25, 0.3) is 0 Å². The lowest BCUT2D eigenvalue weighted by Gasteiger charge is -2.13. The van der Waals surface area contributed by atoms with Gasteiger partial charge in [-0.15, -0.1) is 0 Å². The highest BCUT2D eigenvalue weighted by molar-refractivity contribution is 6.30. The van der Waals surface area contributed by atoms with Gasteiger partial charge in [0.1, 0.15) is 0 Å². The van der Waals surface area contributed by atoms with Crippen LogP contribution in [0.2, 0.25) is 5.02 Å². The van der Waals surface area contributed by atoms with Gasteiger partial charge in [-0.2, -0.15) is 0 Å². The summed E-state index contributed by atoms with van der Waals surface area (Å²) in [6, 6.07) is 9.45. The van der Waals surface area contributed by atoms with Crippen molar-refractivity contribution in [3.05, 3.63) is 47.0 Å². The number of rotatable bonds is 7. The highest BCUT2D eigenvalue weighted by Crippen LogP contribution is 2.38. The Labute approximate surface area is 155 Å². The molecule has 0 saturated carbocycles. The number of hydrogen-bond acceptors (Lipinski definition) is 6. The third kappa shape index (κ3) is 4.80. The van der Waals surface area contributed by atoms with E-state index >= 15 is 0 Å². The molecule has 1 amide bonds. The molecule has 0 aliphatic carbocycles. The van der Waals surface area contributed by atoms with E-state index in [9.17, 15) is 9.59 Å². The number of carbonyl (C=O) groups is 2. The minimum atomic E-state index is -0.699. The molecule has 0 aliphatic heterocycles. The molecule has 7 nitrogen and oxygen atoms in total. The van der Waals surface area contributed by atoms with Crippen molar-refractivity contribution in [1.82, 2.24) is 0 Å². The first kappa shape index (κ1) is 19.4. The molecule has 2 rings (SSSR count). The van der Waals surface area contributed by atoms with Gasteiger partial charge in [0.2, 0.25) is 5.75 Å². The van der Waals surface area contributed by atoms with Gasteiger partial charge >= 0.3 is 5.97 Å². The molecule has 0 fully saturated rings. The topological polar surface area (TPSA) is 83.1 Å². The molecule has 0 radical (unpaired) electrons. The van der Waals surface area contributed by atoms with Crippen molar-refractivity contribution < 1.29 is 28.5 Å². The second kappa shape index (κ2) is 8.96. The molecule has 2 aromatic carbocycles. The van der Waals surface area contributed by atoms with Crippen LogP contribution in [-0.4, -0.2) is 39.8 Å².